The van der Waals surface area contributed by atoms with Crippen molar-refractivity contribution in [2.24, 2.45) is 0 Å². The zero-order valence-corrected chi connectivity index (χ0v) is 9.91. The number of rotatable bonds is 3. The van der Waals surface area contributed by atoms with E-state index in [4.69, 9.17) is 4.74 Å². The van der Waals surface area contributed by atoms with E-state index >= 15 is 0 Å². The molecule has 0 aromatic heterocycles. The minimum Gasteiger partial charge on any atom is -0.479 e. The van der Waals surface area contributed by atoms with Gasteiger partial charge in [-0.3, -0.25) is 4.79 Å². The summed E-state index contributed by atoms with van der Waals surface area (Å²) in [6.07, 6.45) is 1.99. The Balaban J connectivity index is 2.08. The van der Waals surface area contributed by atoms with Crippen LogP contribution in [0.4, 0.5) is 0 Å². The molecule has 2 rings (SSSR count). The van der Waals surface area contributed by atoms with Crippen molar-refractivity contribution in [3.63, 3.8) is 0 Å². The summed E-state index contributed by atoms with van der Waals surface area (Å²) < 4.78 is 5.10. The number of aliphatic carboxylic acids is 1. The molecule has 0 aliphatic carbocycles. The quantitative estimate of drug-likeness (QED) is 0.620. The second-order valence-electron chi connectivity index (χ2n) is 5.01. The summed E-state index contributed by atoms with van der Waals surface area (Å²) in [4.78, 5) is 23.4. The minimum absolute atomic E-state index is 0.0458. The van der Waals surface area contributed by atoms with Crippen LogP contribution >= 0.6 is 0 Å². The molecule has 2 heterocycles. The first-order valence-corrected chi connectivity index (χ1v) is 5.87. The Labute approximate surface area is 99.7 Å². The molecule has 0 aromatic carbocycles. The van der Waals surface area contributed by atoms with Crippen molar-refractivity contribution in [1.29, 1.82) is 0 Å². The number of hydrogen-bond donors (Lipinski definition) is 3. The lowest BCUT2D eigenvalue weighted by Crippen LogP contribution is -2.62. The summed E-state index contributed by atoms with van der Waals surface area (Å²) in [5, 5.41) is 15.0. The van der Waals surface area contributed by atoms with E-state index in [1.54, 1.807) is 6.92 Å². The Kier molecular flexibility index (Phi) is 3.09. The number of carbonyl (C=O) groups is 2. The van der Waals surface area contributed by atoms with Crippen LogP contribution < -0.4 is 10.6 Å². The van der Waals surface area contributed by atoms with Crippen LogP contribution in [0.25, 0.3) is 0 Å². The fourth-order valence-electron chi connectivity index (χ4n) is 2.33. The van der Waals surface area contributed by atoms with Gasteiger partial charge in [0.2, 0.25) is 5.91 Å². The molecule has 3 N–H and O–H groups in total. The Morgan fingerprint density at radius 3 is 2.65 bits per heavy atom. The van der Waals surface area contributed by atoms with Crippen LogP contribution in [0.5, 0.6) is 0 Å². The lowest BCUT2D eigenvalue weighted by molar-refractivity contribution is -0.148. The van der Waals surface area contributed by atoms with Crippen LogP contribution in [0.2, 0.25) is 0 Å². The highest BCUT2D eigenvalue weighted by atomic mass is 16.5. The fraction of sp³-hybridized carbons (Fsp3) is 0.818. The molecule has 6 heteroatoms. The molecular weight excluding hydrogens is 224 g/mol. The number of amides is 1. The summed E-state index contributed by atoms with van der Waals surface area (Å²) in [6.45, 7) is 3.02. The molecule has 0 radical (unpaired) electrons. The van der Waals surface area contributed by atoms with Gasteiger partial charge in [-0.2, -0.15) is 0 Å². The van der Waals surface area contributed by atoms with Crippen LogP contribution in [-0.4, -0.2) is 47.8 Å². The van der Waals surface area contributed by atoms with Crippen LogP contribution in [0.3, 0.4) is 0 Å². The molecule has 2 aliphatic heterocycles. The summed E-state index contributed by atoms with van der Waals surface area (Å²) in [6, 6.07) is 0. The molecule has 0 bridgehead atoms. The van der Waals surface area contributed by atoms with Gasteiger partial charge in [-0.15, -0.1) is 0 Å². The van der Waals surface area contributed by atoms with Crippen molar-refractivity contribution < 1.29 is 19.4 Å². The molecule has 2 unspecified atom stereocenters. The second-order valence-corrected chi connectivity index (χ2v) is 5.01. The molecule has 2 atom stereocenters. The normalized spacial score (nSPS) is 37.0. The Morgan fingerprint density at radius 2 is 2.18 bits per heavy atom. The van der Waals surface area contributed by atoms with E-state index in [9.17, 15) is 14.7 Å². The maximum absolute atomic E-state index is 12.1. The Hall–Kier alpha value is -1.14. The first-order chi connectivity index (χ1) is 7.99. The van der Waals surface area contributed by atoms with Gasteiger partial charge in [-0.05, 0) is 26.3 Å². The number of carboxylic acids is 1. The van der Waals surface area contributed by atoms with Gasteiger partial charge >= 0.3 is 5.97 Å². The number of ether oxygens (including phenoxy) is 1. The van der Waals surface area contributed by atoms with Crippen molar-refractivity contribution in [2.45, 2.75) is 37.3 Å². The zero-order valence-electron chi connectivity index (χ0n) is 9.91. The van der Waals surface area contributed by atoms with Crippen molar-refractivity contribution in [1.82, 2.24) is 10.6 Å². The summed E-state index contributed by atoms with van der Waals surface area (Å²) in [5.74, 6) is -1.27. The first kappa shape index (κ1) is 12.3. The average Bonchev–Trinajstić information content (AvgIpc) is 2.88. The van der Waals surface area contributed by atoms with E-state index in [1.165, 1.54) is 0 Å². The fourth-order valence-corrected chi connectivity index (χ4v) is 2.33. The second kappa shape index (κ2) is 4.27. The number of carbonyl (C=O) groups excluding carboxylic acids is 1. The minimum atomic E-state index is -1.25. The highest BCUT2D eigenvalue weighted by molar-refractivity contribution is 5.92. The molecule has 2 fully saturated rings. The lowest BCUT2D eigenvalue weighted by atomic mass is 9.94. The van der Waals surface area contributed by atoms with Crippen LogP contribution in [0, 0.1) is 0 Å². The molecule has 2 saturated heterocycles. The predicted molar refractivity (Wildman–Crippen MR) is 59.6 cm³/mol. The van der Waals surface area contributed by atoms with Gasteiger partial charge in [-0.1, -0.05) is 0 Å². The number of carboxylic acid groups (broad SMARTS) is 1. The van der Waals surface area contributed by atoms with Gasteiger partial charge in [0.1, 0.15) is 0 Å². The zero-order chi connectivity index (χ0) is 12.5. The highest BCUT2D eigenvalue weighted by Gasteiger charge is 2.47. The maximum atomic E-state index is 12.1. The number of nitrogens with one attached hydrogen (secondary N) is 2. The van der Waals surface area contributed by atoms with E-state index in [2.05, 4.69) is 10.6 Å². The Bertz CT molecular complexity index is 330. The molecule has 0 aromatic rings. The standard InChI is InChI=1S/C11H18N2O4/c1-10(3-2-5-12-10)8(14)13-11(9(15)16)4-6-17-7-11/h12H,2-7H2,1H3,(H,13,14)(H,15,16). The van der Waals surface area contributed by atoms with E-state index in [-0.39, 0.29) is 12.5 Å². The van der Waals surface area contributed by atoms with E-state index in [0.717, 1.165) is 19.4 Å². The molecule has 1 amide bonds. The SMILES string of the molecule is CC1(C(=O)NC2(C(=O)O)CCOC2)CCCN1. The molecule has 6 nitrogen and oxygen atoms in total. The predicted octanol–water partition coefficient (Wildman–Crippen LogP) is -0.512. The van der Waals surface area contributed by atoms with Gasteiger partial charge in [-0.25, -0.2) is 4.79 Å². The average molecular weight is 242 g/mol. The van der Waals surface area contributed by atoms with E-state index < -0.39 is 17.0 Å². The summed E-state index contributed by atoms with van der Waals surface area (Å²) >= 11 is 0. The van der Waals surface area contributed by atoms with Crippen molar-refractivity contribution >= 4 is 11.9 Å². The van der Waals surface area contributed by atoms with Crippen LogP contribution in [0.1, 0.15) is 26.2 Å². The van der Waals surface area contributed by atoms with Crippen molar-refractivity contribution in [2.75, 3.05) is 19.8 Å². The van der Waals surface area contributed by atoms with Crippen LogP contribution in [0.15, 0.2) is 0 Å². The van der Waals surface area contributed by atoms with Gasteiger partial charge in [0.05, 0.1) is 12.1 Å². The molecule has 17 heavy (non-hydrogen) atoms. The van der Waals surface area contributed by atoms with Crippen LogP contribution in [-0.2, 0) is 14.3 Å². The van der Waals surface area contributed by atoms with Crippen molar-refractivity contribution in [3.05, 3.63) is 0 Å². The first-order valence-electron chi connectivity index (χ1n) is 5.87. The third-order valence-electron chi connectivity index (χ3n) is 3.65. The smallest absolute Gasteiger partial charge is 0.331 e. The van der Waals surface area contributed by atoms with Crippen molar-refractivity contribution in [3.8, 4) is 0 Å². The monoisotopic (exact) mass is 242 g/mol. The highest BCUT2D eigenvalue weighted by Crippen LogP contribution is 2.23. The van der Waals surface area contributed by atoms with Gasteiger partial charge in [0.15, 0.2) is 5.54 Å². The summed E-state index contributed by atoms with van der Waals surface area (Å²) in [5.41, 5.74) is -1.89. The maximum Gasteiger partial charge on any atom is 0.331 e. The van der Waals surface area contributed by atoms with Gasteiger partial charge in [0, 0.05) is 13.0 Å². The molecule has 0 saturated carbocycles. The topological polar surface area (TPSA) is 87.7 Å². The molecule has 2 aliphatic rings. The molecular formula is C11H18N2O4. The Morgan fingerprint density at radius 1 is 1.41 bits per heavy atom. The third-order valence-corrected chi connectivity index (χ3v) is 3.65. The molecule has 96 valence electrons. The van der Waals surface area contributed by atoms with E-state index in [1.807, 2.05) is 0 Å². The largest absolute Gasteiger partial charge is 0.479 e. The molecule has 0 spiro atoms. The van der Waals surface area contributed by atoms with E-state index in [0.29, 0.717) is 13.0 Å². The third kappa shape index (κ3) is 2.14. The summed E-state index contributed by atoms with van der Waals surface area (Å²) in [7, 11) is 0. The number of hydrogen-bond acceptors (Lipinski definition) is 4. The lowest BCUT2D eigenvalue weighted by Gasteiger charge is -2.30. The van der Waals surface area contributed by atoms with Gasteiger partial charge in [0.25, 0.3) is 0 Å². The van der Waals surface area contributed by atoms with Gasteiger partial charge < -0.3 is 20.5 Å².